The highest BCUT2D eigenvalue weighted by molar-refractivity contribution is 7.13. The summed E-state index contributed by atoms with van der Waals surface area (Å²) in [5.74, 6) is 0. The molecule has 22 heavy (non-hydrogen) atoms. The Morgan fingerprint density at radius 2 is 1.82 bits per heavy atom. The second-order valence-electron chi connectivity index (χ2n) is 5.57. The van der Waals surface area contributed by atoms with Gasteiger partial charge in [0.15, 0.2) is 5.13 Å². The van der Waals surface area contributed by atoms with E-state index >= 15 is 0 Å². The van der Waals surface area contributed by atoms with E-state index in [1.807, 2.05) is 23.8 Å². The van der Waals surface area contributed by atoms with Crippen molar-refractivity contribution < 1.29 is 0 Å². The minimum Gasteiger partial charge on any atom is -0.346 e. The van der Waals surface area contributed by atoms with Crippen LogP contribution in [0.1, 0.15) is 5.56 Å². The van der Waals surface area contributed by atoms with Crippen LogP contribution in [0.4, 0.5) is 5.13 Å². The van der Waals surface area contributed by atoms with Crippen LogP contribution in [0, 0.1) is 0 Å². The Bertz CT molecular complexity index is 743. The maximum Gasteiger partial charge on any atom is 0.185 e. The van der Waals surface area contributed by atoms with E-state index in [0.717, 1.165) is 43.4 Å². The van der Waals surface area contributed by atoms with Crippen LogP contribution in [0.2, 0.25) is 0 Å². The fourth-order valence-electron chi connectivity index (χ4n) is 3.01. The summed E-state index contributed by atoms with van der Waals surface area (Å²) in [4.78, 5) is 13.8. The Labute approximate surface area is 134 Å². The van der Waals surface area contributed by atoms with Gasteiger partial charge in [0, 0.05) is 55.9 Å². The molecule has 0 saturated carbocycles. The van der Waals surface area contributed by atoms with Crippen molar-refractivity contribution in [3.05, 3.63) is 53.7 Å². The molecule has 0 bridgehead atoms. The van der Waals surface area contributed by atoms with Crippen LogP contribution in [0.5, 0.6) is 0 Å². The van der Waals surface area contributed by atoms with Crippen LogP contribution in [0.25, 0.3) is 10.9 Å². The lowest BCUT2D eigenvalue weighted by atomic mass is 10.1. The molecule has 112 valence electrons. The molecule has 2 aromatic heterocycles. The largest absolute Gasteiger partial charge is 0.346 e. The topological polar surface area (TPSA) is 32.3 Å². The first kappa shape index (κ1) is 13.7. The van der Waals surface area contributed by atoms with Crippen LogP contribution in [0.3, 0.4) is 0 Å². The molecule has 3 heterocycles. The number of benzene rings is 1. The number of rotatable bonds is 3. The van der Waals surface area contributed by atoms with Crippen molar-refractivity contribution in [2.45, 2.75) is 6.54 Å². The van der Waals surface area contributed by atoms with Crippen molar-refractivity contribution in [3.63, 3.8) is 0 Å². The summed E-state index contributed by atoms with van der Waals surface area (Å²) in [6.07, 6.45) is 3.76. The number of pyridine rings is 1. The Balaban J connectivity index is 1.46. The minimum atomic E-state index is 0.972. The van der Waals surface area contributed by atoms with Crippen LogP contribution in [-0.2, 0) is 6.54 Å². The van der Waals surface area contributed by atoms with Crippen LogP contribution in [0.15, 0.2) is 48.1 Å². The number of aromatic nitrogens is 2. The van der Waals surface area contributed by atoms with Gasteiger partial charge in [0.2, 0.25) is 0 Å². The minimum absolute atomic E-state index is 0.972. The van der Waals surface area contributed by atoms with Crippen molar-refractivity contribution in [2.75, 3.05) is 31.1 Å². The standard InChI is InChI=1S/C17H18N4S/c1-3-14-5-2-6-18-16(14)15(4-1)13-20-8-10-21(11-9-20)17-19-7-12-22-17/h1-7,12H,8-11,13H2. The van der Waals surface area contributed by atoms with E-state index in [9.17, 15) is 0 Å². The van der Waals surface area contributed by atoms with E-state index < -0.39 is 0 Å². The van der Waals surface area contributed by atoms with E-state index in [4.69, 9.17) is 0 Å². The average Bonchev–Trinajstić information content (AvgIpc) is 3.10. The second kappa shape index (κ2) is 6.02. The molecule has 1 aliphatic heterocycles. The molecule has 1 aromatic carbocycles. The molecule has 0 radical (unpaired) electrons. The number of anilines is 1. The highest BCUT2D eigenvalue weighted by Gasteiger charge is 2.19. The molecule has 3 aromatic rings. The zero-order valence-electron chi connectivity index (χ0n) is 12.4. The Hall–Kier alpha value is -1.98. The monoisotopic (exact) mass is 310 g/mol. The molecule has 1 aliphatic rings. The van der Waals surface area contributed by atoms with Crippen molar-refractivity contribution in [1.82, 2.24) is 14.9 Å². The number of hydrogen-bond donors (Lipinski definition) is 0. The number of fused-ring (bicyclic) bond motifs is 1. The first-order chi connectivity index (χ1) is 10.9. The fourth-order valence-corrected chi connectivity index (χ4v) is 3.70. The third-order valence-electron chi connectivity index (χ3n) is 4.17. The summed E-state index contributed by atoms with van der Waals surface area (Å²) < 4.78 is 0. The lowest BCUT2D eigenvalue weighted by Gasteiger charge is -2.34. The molecule has 4 rings (SSSR count). The van der Waals surface area contributed by atoms with Crippen LogP contribution < -0.4 is 4.90 Å². The molecule has 0 unspecified atom stereocenters. The number of piperazine rings is 1. The van der Waals surface area contributed by atoms with Crippen molar-refractivity contribution >= 4 is 27.4 Å². The molecule has 0 aliphatic carbocycles. The van der Waals surface area contributed by atoms with Crippen molar-refractivity contribution in [1.29, 1.82) is 0 Å². The molecule has 0 spiro atoms. The van der Waals surface area contributed by atoms with E-state index in [1.54, 1.807) is 11.3 Å². The Morgan fingerprint density at radius 3 is 2.64 bits per heavy atom. The quantitative estimate of drug-likeness (QED) is 0.744. The second-order valence-corrected chi connectivity index (χ2v) is 6.44. The summed E-state index contributed by atoms with van der Waals surface area (Å²) >= 11 is 1.72. The van der Waals surface area contributed by atoms with E-state index in [0.29, 0.717) is 0 Å². The molecular weight excluding hydrogens is 292 g/mol. The summed E-state index contributed by atoms with van der Waals surface area (Å²) in [6.45, 7) is 5.21. The highest BCUT2D eigenvalue weighted by Crippen LogP contribution is 2.21. The summed E-state index contributed by atoms with van der Waals surface area (Å²) in [5.41, 5.74) is 2.45. The molecular formula is C17H18N4S. The molecule has 1 fully saturated rings. The van der Waals surface area contributed by atoms with Gasteiger partial charge in [-0.1, -0.05) is 24.3 Å². The lowest BCUT2D eigenvalue weighted by molar-refractivity contribution is 0.250. The normalized spacial score (nSPS) is 16.3. The Kier molecular flexibility index (Phi) is 3.74. The summed E-state index contributed by atoms with van der Waals surface area (Å²) in [7, 11) is 0. The maximum absolute atomic E-state index is 4.56. The highest BCUT2D eigenvalue weighted by atomic mass is 32.1. The molecule has 0 amide bonds. The predicted octanol–water partition coefficient (Wildman–Crippen LogP) is 3.01. The first-order valence-electron chi connectivity index (χ1n) is 7.59. The van der Waals surface area contributed by atoms with Gasteiger partial charge in [-0.2, -0.15) is 0 Å². The molecule has 5 heteroatoms. The van der Waals surface area contributed by atoms with E-state index in [1.165, 1.54) is 10.9 Å². The van der Waals surface area contributed by atoms with Gasteiger partial charge in [-0.3, -0.25) is 9.88 Å². The number of nitrogens with zero attached hydrogens (tertiary/aromatic N) is 4. The SMILES string of the molecule is c1cnc2c(CN3CCN(c4nccs4)CC3)cccc2c1. The summed E-state index contributed by atoms with van der Waals surface area (Å²) in [6, 6.07) is 10.6. The first-order valence-corrected chi connectivity index (χ1v) is 8.47. The molecule has 1 saturated heterocycles. The van der Waals surface area contributed by atoms with E-state index in [2.05, 4.69) is 44.0 Å². The summed E-state index contributed by atoms with van der Waals surface area (Å²) in [5, 5.41) is 4.41. The third kappa shape index (κ3) is 2.69. The van der Waals surface area contributed by atoms with Crippen molar-refractivity contribution in [3.8, 4) is 0 Å². The van der Waals surface area contributed by atoms with Gasteiger partial charge < -0.3 is 4.90 Å². The zero-order chi connectivity index (χ0) is 14.8. The zero-order valence-corrected chi connectivity index (χ0v) is 13.2. The van der Waals surface area contributed by atoms with Gasteiger partial charge in [0.05, 0.1) is 5.52 Å². The number of hydrogen-bond acceptors (Lipinski definition) is 5. The van der Waals surface area contributed by atoms with Gasteiger partial charge in [-0.05, 0) is 11.6 Å². The number of para-hydroxylation sites is 1. The smallest absolute Gasteiger partial charge is 0.185 e. The molecule has 4 nitrogen and oxygen atoms in total. The van der Waals surface area contributed by atoms with Crippen molar-refractivity contribution in [2.24, 2.45) is 0 Å². The van der Waals surface area contributed by atoms with Gasteiger partial charge in [0.1, 0.15) is 0 Å². The molecule has 0 N–H and O–H groups in total. The van der Waals surface area contributed by atoms with Gasteiger partial charge in [-0.15, -0.1) is 11.3 Å². The molecule has 0 atom stereocenters. The Morgan fingerprint density at radius 1 is 0.955 bits per heavy atom. The fraction of sp³-hybridized carbons (Fsp3) is 0.294. The third-order valence-corrected chi connectivity index (χ3v) is 5.00. The van der Waals surface area contributed by atoms with Gasteiger partial charge >= 0.3 is 0 Å². The van der Waals surface area contributed by atoms with Gasteiger partial charge in [0.25, 0.3) is 0 Å². The maximum atomic E-state index is 4.56. The predicted molar refractivity (Wildman–Crippen MR) is 91.3 cm³/mol. The van der Waals surface area contributed by atoms with Crippen LogP contribution >= 0.6 is 11.3 Å². The lowest BCUT2D eigenvalue weighted by Crippen LogP contribution is -2.45. The van der Waals surface area contributed by atoms with E-state index in [-0.39, 0.29) is 0 Å². The average molecular weight is 310 g/mol. The number of thiazole rings is 1. The van der Waals surface area contributed by atoms with Crippen LogP contribution in [-0.4, -0.2) is 41.0 Å². The van der Waals surface area contributed by atoms with Gasteiger partial charge in [-0.25, -0.2) is 4.98 Å².